The summed E-state index contributed by atoms with van der Waals surface area (Å²) in [4.78, 5) is 13.9. The van der Waals surface area contributed by atoms with Crippen molar-refractivity contribution >= 4 is 21.6 Å². The molecular weight excluding hydrogens is 378 g/mol. The van der Waals surface area contributed by atoms with Crippen molar-refractivity contribution in [2.75, 3.05) is 38.5 Å². The van der Waals surface area contributed by atoms with Crippen LogP contribution in [-0.2, 0) is 14.8 Å². The van der Waals surface area contributed by atoms with Crippen LogP contribution in [0.15, 0.2) is 59.5 Å². The van der Waals surface area contributed by atoms with Crippen LogP contribution in [0.4, 0.5) is 5.69 Å². The number of anilines is 1. The second kappa shape index (κ2) is 8.72. The molecule has 2 aromatic rings. The van der Waals surface area contributed by atoms with Crippen LogP contribution in [0.3, 0.4) is 0 Å². The van der Waals surface area contributed by atoms with Crippen molar-refractivity contribution in [2.24, 2.45) is 0 Å². The van der Waals surface area contributed by atoms with Gasteiger partial charge >= 0.3 is 0 Å². The standard InChI is InChI=1S/C20H25N3O4S/c1-16(27-18-6-4-3-5-7-18)20(24)21-17-8-10-19(11-9-17)28(25,26)23-14-12-22(2)13-15-23/h3-11,16H,12-15H2,1-2H3,(H,21,24)/p+1/t16-/m1/s1. The summed E-state index contributed by atoms with van der Waals surface area (Å²) in [5.74, 6) is 0.308. The average Bonchev–Trinajstić information content (AvgIpc) is 2.69. The zero-order valence-corrected chi connectivity index (χ0v) is 16.9. The van der Waals surface area contributed by atoms with Gasteiger partial charge in [-0.15, -0.1) is 0 Å². The monoisotopic (exact) mass is 404 g/mol. The number of quaternary nitrogens is 1. The van der Waals surface area contributed by atoms with Gasteiger partial charge in [-0.2, -0.15) is 4.31 Å². The Hall–Kier alpha value is -2.42. The van der Waals surface area contributed by atoms with Gasteiger partial charge in [0.1, 0.15) is 5.75 Å². The highest BCUT2D eigenvalue weighted by molar-refractivity contribution is 7.89. The molecule has 1 aliphatic rings. The predicted octanol–water partition coefficient (Wildman–Crippen LogP) is 0.612. The lowest BCUT2D eigenvalue weighted by atomic mass is 10.3. The fraction of sp³-hybridized carbons (Fsp3) is 0.350. The minimum Gasteiger partial charge on any atom is -0.481 e. The third kappa shape index (κ3) is 4.89. The van der Waals surface area contributed by atoms with E-state index in [1.165, 1.54) is 21.3 Å². The van der Waals surface area contributed by atoms with E-state index in [1.807, 2.05) is 18.2 Å². The van der Waals surface area contributed by atoms with E-state index in [2.05, 4.69) is 12.4 Å². The van der Waals surface area contributed by atoms with Gasteiger partial charge in [0.05, 0.1) is 38.1 Å². The number of hydrogen-bond donors (Lipinski definition) is 2. The molecule has 1 atom stereocenters. The second-order valence-electron chi connectivity index (χ2n) is 6.95. The molecule has 0 aliphatic carbocycles. The Bertz CT molecular complexity index is 893. The zero-order valence-electron chi connectivity index (χ0n) is 16.1. The molecule has 1 fully saturated rings. The summed E-state index contributed by atoms with van der Waals surface area (Å²) in [5, 5.41) is 2.75. The summed E-state index contributed by atoms with van der Waals surface area (Å²) in [5.41, 5.74) is 0.523. The number of hydrogen-bond acceptors (Lipinski definition) is 4. The first-order valence-corrected chi connectivity index (χ1v) is 10.7. The summed E-state index contributed by atoms with van der Waals surface area (Å²) in [6.45, 7) is 4.29. The first-order chi connectivity index (χ1) is 13.4. The Balaban J connectivity index is 1.61. The number of piperazine rings is 1. The smallest absolute Gasteiger partial charge is 0.265 e. The van der Waals surface area contributed by atoms with Gasteiger partial charge in [-0.25, -0.2) is 8.42 Å². The maximum Gasteiger partial charge on any atom is 0.265 e. The topological polar surface area (TPSA) is 80.1 Å². The quantitative estimate of drug-likeness (QED) is 0.740. The van der Waals surface area contributed by atoms with E-state index < -0.39 is 16.1 Å². The number of benzene rings is 2. The largest absolute Gasteiger partial charge is 0.481 e. The lowest BCUT2D eigenvalue weighted by molar-refractivity contribution is -0.883. The van der Waals surface area contributed by atoms with Gasteiger partial charge < -0.3 is 15.0 Å². The minimum absolute atomic E-state index is 0.235. The van der Waals surface area contributed by atoms with Crippen molar-refractivity contribution < 1.29 is 22.8 Å². The van der Waals surface area contributed by atoms with Crippen molar-refractivity contribution in [3.63, 3.8) is 0 Å². The Labute approximate surface area is 166 Å². The highest BCUT2D eigenvalue weighted by atomic mass is 32.2. The molecule has 2 aromatic carbocycles. The van der Waals surface area contributed by atoms with Crippen LogP contribution in [0.1, 0.15) is 6.92 Å². The number of likely N-dealkylation sites (N-methyl/N-ethyl adjacent to an activating group) is 1. The lowest BCUT2D eigenvalue weighted by Crippen LogP contribution is -3.12. The maximum atomic E-state index is 12.7. The molecule has 1 saturated heterocycles. The SMILES string of the molecule is C[C@@H](Oc1ccccc1)C(=O)Nc1ccc(S(=O)(=O)N2CC[NH+](C)CC2)cc1. The van der Waals surface area contributed by atoms with E-state index in [9.17, 15) is 13.2 Å². The van der Waals surface area contributed by atoms with Crippen LogP contribution >= 0.6 is 0 Å². The van der Waals surface area contributed by atoms with E-state index in [-0.39, 0.29) is 10.8 Å². The molecule has 28 heavy (non-hydrogen) atoms. The molecule has 1 aliphatic heterocycles. The number of para-hydroxylation sites is 1. The van der Waals surface area contributed by atoms with E-state index in [1.54, 1.807) is 31.2 Å². The molecule has 0 radical (unpaired) electrons. The Morgan fingerprint density at radius 2 is 1.68 bits per heavy atom. The van der Waals surface area contributed by atoms with Gasteiger partial charge in [-0.3, -0.25) is 4.79 Å². The third-order valence-electron chi connectivity index (χ3n) is 4.76. The van der Waals surface area contributed by atoms with Crippen LogP contribution in [0.5, 0.6) is 5.75 Å². The minimum atomic E-state index is -3.51. The number of rotatable bonds is 6. The highest BCUT2D eigenvalue weighted by Gasteiger charge is 2.29. The molecule has 0 aromatic heterocycles. The van der Waals surface area contributed by atoms with E-state index in [0.29, 0.717) is 24.5 Å². The summed E-state index contributed by atoms with van der Waals surface area (Å²) < 4.78 is 32.6. The molecule has 1 amide bonds. The molecule has 8 heteroatoms. The number of ether oxygens (including phenoxy) is 1. The number of nitrogens with one attached hydrogen (secondary N) is 2. The Morgan fingerprint density at radius 1 is 1.07 bits per heavy atom. The number of carbonyl (C=O) groups is 1. The predicted molar refractivity (Wildman–Crippen MR) is 107 cm³/mol. The zero-order chi connectivity index (χ0) is 20.1. The molecule has 2 N–H and O–H groups in total. The van der Waals surface area contributed by atoms with Crippen LogP contribution in [0.25, 0.3) is 0 Å². The lowest BCUT2D eigenvalue weighted by Gasteiger charge is -2.29. The van der Waals surface area contributed by atoms with Crippen molar-refractivity contribution in [1.82, 2.24) is 4.31 Å². The van der Waals surface area contributed by atoms with Crippen LogP contribution < -0.4 is 15.0 Å². The molecular formula is C20H26N3O4S+. The molecule has 3 rings (SSSR count). The first kappa shape index (κ1) is 20.3. The summed E-state index contributed by atoms with van der Waals surface area (Å²) >= 11 is 0. The number of nitrogens with zero attached hydrogens (tertiary/aromatic N) is 1. The normalized spacial score (nSPS) is 17.1. The molecule has 150 valence electrons. The molecule has 1 heterocycles. The fourth-order valence-corrected chi connectivity index (χ4v) is 4.41. The van der Waals surface area contributed by atoms with Crippen molar-refractivity contribution in [3.05, 3.63) is 54.6 Å². The summed E-state index contributed by atoms with van der Waals surface area (Å²) in [6, 6.07) is 15.4. The molecule has 0 saturated carbocycles. The fourth-order valence-electron chi connectivity index (χ4n) is 2.97. The van der Waals surface area contributed by atoms with Crippen LogP contribution in [0.2, 0.25) is 0 Å². The van der Waals surface area contributed by atoms with E-state index in [4.69, 9.17) is 4.74 Å². The molecule has 0 spiro atoms. The van der Waals surface area contributed by atoms with Crippen LogP contribution in [-0.4, -0.2) is 58.0 Å². The van der Waals surface area contributed by atoms with Crippen molar-refractivity contribution in [1.29, 1.82) is 0 Å². The van der Waals surface area contributed by atoms with Gasteiger partial charge in [-0.1, -0.05) is 18.2 Å². The van der Waals surface area contributed by atoms with Gasteiger partial charge in [0.2, 0.25) is 10.0 Å². The number of sulfonamides is 1. The molecule has 0 bridgehead atoms. The Morgan fingerprint density at radius 3 is 2.29 bits per heavy atom. The Kier molecular flexibility index (Phi) is 6.33. The first-order valence-electron chi connectivity index (χ1n) is 9.30. The van der Waals surface area contributed by atoms with Crippen molar-refractivity contribution in [3.8, 4) is 5.75 Å². The van der Waals surface area contributed by atoms with E-state index in [0.717, 1.165) is 13.1 Å². The van der Waals surface area contributed by atoms with Crippen LogP contribution in [0, 0.1) is 0 Å². The second-order valence-corrected chi connectivity index (χ2v) is 8.89. The van der Waals surface area contributed by atoms with Gasteiger partial charge in [0, 0.05) is 5.69 Å². The highest BCUT2D eigenvalue weighted by Crippen LogP contribution is 2.19. The number of carbonyl (C=O) groups excluding carboxylic acids is 1. The summed E-state index contributed by atoms with van der Waals surface area (Å²) in [6.07, 6.45) is -0.682. The average molecular weight is 405 g/mol. The van der Waals surface area contributed by atoms with Gasteiger partial charge in [-0.05, 0) is 43.3 Å². The van der Waals surface area contributed by atoms with Gasteiger partial charge in [0.15, 0.2) is 6.10 Å². The van der Waals surface area contributed by atoms with Gasteiger partial charge in [0.25, 0.3) is 5.91 Å². The number of amides is 1. The maximum absolute atomic E-state index is 12.7. The van der Waals surface area contributed by atoms with Crippen molar-refractivity contribution in [2.45, 2.75) is 17.9 Å². The molecule has 7 nitrogen and oxygen atoms in total. The molecule has 0 unspecified atom stereocenters. The summed E-state index contributed by atoms with van der Waals surface area (Å²) in [7, 11) is -1.45. The van der Waals surface area contributed by atoms with E-state index >= 15 is 0 Å². The third-order valence-corrected chi connectivity index (χ3v) is 6.67.